The number of para-hydroxylation sites is 1. The summed E-state index contributed by atoms with van der Waals surface area (Å²) in [6, 6.07) is 13.3. The third kappa shape index (κ3) is 2.92. The van der Waals surface area contributed by atoms with E-state index in [1.807, 2.05) is 54.8 Å². The zero-order valence-electron chi connectivity index (χ0n) is 14.1. The van der Waals surface area contributed by atoms with Crippen molar-refractivity contribution >= 4 is 21.6 Å². The molecular weight excluding hydrogens is 342 g/mol. The van der Waals surface area contributed by atoms with Gasteiger partial charge in [-0.25, -0.2) is 4.98 Å². The standard InChI is InChI=1S/C21H15N3OS/c1-2-18-23-20-19(21(25)24(18)17-6-4-3-5-7-17)16(14-26-20)9-8-15-10-12-22-13-11-15/h3-7,10-14H,2H2,1H3. The molecule has 0 atom stereocenters. The zero-order valence-corrected chi connectivity index (χ0v) is 15.0. The van der Waals surface area contributed by atoms with Gasteiger partial charge in [-0.2, -0.15) is 0 Å². The van der Waals surface area contributed by atoms with Crippen LogP contribution in [-0.4, -0.2) is 14.5 Å². The number of pyridine rings is 1. The molecule has 0 amide bonds. The summed E-state index contributed by atoms with van der Waals surface area (Å²) < 4.78 is 1.69. The lowest BCUT2D eigenvalue weighted by Gasteiger charge is -2.11. The van der Waals surface area contributed by atoms with Crippen molar-refractivity contribution in [2.75, 3.05) is 0 Å². The van der Waals surface area contributed by atoms with Crippen molar-refractivity contribution in [2.24, 2.45) is 0 Å². The number of thiophene rings is 1. The molecule has 0 unspecified atom stereocenters. The summed E-state index contributed by atoms with van der Waals surface area (Å²) in [7, 11) is 0. The van der Waals surface area contributed by atoms with Crippen molar-refractivity contribution in [3.63, 3.8) is 0 Å². The third-order valence-corrected chi connectivity index (χ3v) is 4.90. The van der Waals surface area contributed by atoms with Crippen molar-refractivity contribution in [2.45, 2.75) is 13.3 Å². The molecule has 0 N–H and O–H groups in total. The number of benzene rings is 1. The van der Waals surface area contributed by atoms with E-state index in [9.17, 15) is 4.79 Å². The molecule has 0 aliphatic rings. The van der Waals surface area contributed by atoms with Gasteiger partial charge in [0.15, 0.2) is 0 Å². The molecule has 0 radical (unpaired) electrons. The number of fused-ring (bicyclic) bond motifs is 1. The molecule has 5 heteroatoms. The van der Waals surface area contributed by atoms with Crippen LogP contribution in [0.25, 0.3) is 15.9 Å². The van der Waals surface area contributed by atoms with Gasteiger partial charge in [-0.05, 0) is 24.3 Å². The van der Waals surface area contributed by atoms with E-state index in [0.717, 1.165) is 21.9 Å². The summed E-state index contributed by atoms with van der Waals surface area (Å²) in [5.41, 5.74) is 2.33. The van der Waals surface area contributed by atoms with Gasteiger partial charge in [-0.15, -0.1) is 11.3 Å². The van der Waals surface area contributed by atoms with Crippen LogP contribution in [0.3, 0.4) is 0 Å². The number of aromatic nitrogens is 3. The van der Waals surface area contributed by atoms with Crippen molar-refractivity contribution in [3.05, 3.63) is 87.5 Å². The normalized spacial score (nSPS) is 10.5. The Bertz CT molecular complexity index is 1180. The summed E-state index contributed by atoms with van der Waals surface area (Å²) in [5, 5.41) is 2.49. The Labute approximate surface area is 154 Å². The van der Waals surface area contributed by atoms with Gasteiger partial charge < -0.3 is 0 Å². The second-order valence-corrected chi connectivity index (χ2v) is 6.53. The summed E-state index contributed by atoms with van der Waals surface area (Å²) in [5.74, 6) is 6.97. The summed E-state index contributed by atoms with van der Waals surface area (Å²) in [4.78, 5) is 22.7. The molecule has 0 aliphatic carbocycles. The number of rotatable bonds is 2. The van der Waals surface area contributed by atoms with Crippen LogP contribution in [-0.2, 0) is 6.42 Å². The maximum atomic E-state index is 13.3. The minimum absolute atomic E-state index is 0.0710. The molecule has 126 valence electrons. The Hall–Kier alpha value is -3.23. The van der Waals surface area contributed by atoms with E-state index in [1.165, 1.54) is 11.3 Å². The van der Waals surface area contributed by atoms with E-state index in [-0.39, 0.29) is 5.56 Å². The van der Waals surface area contributed by atoms with Crippen molar-refractivity contribution < 1.29 is 0 Å². The van der Waals surface area contributed by atoms with Crippen molar-refractivity contribution in [1.82, 2.24) is 14.5 Å². The summed E-state index contributed by atoms with van der Waals surface area (Å²) in [6.45, 7) is 2.00. The second kappa shape index (κ2) is 6.95. The summed E-state index contributed by atoms with van der Waals surface area (Å²) in [6.07, 6.45) is 4.08. The van der Waals surface area contributed by atoms with Crippen molar-refractivity contribution in [3.8, 4) is 17.5 Å². The highest BCUT2D eigenvalue weighted by atomic mass is 32.1. The molecule has 3 heterocycles. The molecule has 0 saturated heterocycles. The van der Waals surface area contributed by atoms with Gasteiger partial charge in [-0.3, -0.25) is 14.3 Å². The van der Waals surface area contributed by atoms with Gasteiger partial charge in [0.05, 0.1) is 16.6 Å². The number of hydrogen-bond acceptors (Lipinski definition) is 4. The highest BCUT2D eigenvalue weighted by Crippen LogP contribution is 2.22. The molecule has 0 spiro atoms. The van der Waals surface area contributed by atoms with E-state index in [0.29, 0.717) is 17.4 Å². The maximum absolute atomic E-state index is 13.3. The first-order valence-corrected chi connectivity index (χ1v) is 9.16. The molecule has 26 heavy (non-hydrogen) atoms. The Balaban J connectivity index is 1.93. The van der Waals surface area contributed by atoms with Crippen LogP contribution in [0.4, 0.5) is 0 Å². The number of hydrogen-bond donors (Lipinski definition) is 0. The van der Waals surface area contributed by atoms with E-state index in [2.05, 4.69) is 16.8 Å². The molecular formula is C21H15N3OS. The fourth-order valence-electron chi connectivity index (χ4n) is 2.78. The first-order valence-electron chi connectivity index (χ1n) is 8.28. The lowest BCUT2D eigenvalue weighted by Crippen LogP contribution is -2.23. The van der Waals surface area contributed by atoms with E-state index >= 15 is 0 Å². The minimum Gasteiger partial charge on any atom is -0.268 e. The Morgan fingerprint density at radius 1 is 1.08 bits per heavy atom. The van der Waals surface area contributed by atoms with Gasteiger partial charge in [0.25, 0.3) is 5.56 Å². The molecule has 4 rings (SSSR count). The Morgan fingerprint density at radius 2 is 1.85 bits per heavy atom. The smallest absolute Gasteiger partial charge is 0.268 e. The van der Waals surface area contributed by atoms with Gasteiger partial charge in [-0.1, -0.05) is 37.0 Å². The minimum atomic E-state index is -0.0710. The predicted octanol–water partition coefficient (Wildman–Crippen LogP) is 3.80. The fourth-order valence-corrected chi connectivity index (χ4v) is 3.66. The predicted molar refractivity (Wildman–Crippen MR) is 105 cm³/mol. The van der Waals surface area contributed by atoms with Crippen LogP contribution in [0, 0.1) is 11.8 Å². The van der Waals surface area contributed by atoms with Crippen LogP contribution in [0.1, 0.15) is 23.9 Å². The van der Waals surface area contributed by atoms with E-state index in [4.69, 9.17) is 4.98 Å². The number of nitrogens with zero attached hydrogens (tertiary/aromatic N) is 3. The van der Waals surface area contributed by atoms with Crippen LogP contribution < -0.4 is 5.56 Å². The van der Waals surface area contributed by atoms with Gasteiger partial charge in [0.1, 0.15) is 10.7 Å². The first-order chi connectivity index (χ1) is 12.8. The largest absolute Gasteiger partial charge is 0.268 e. The molecule has 0 fully saturated rings. The summed E-state index contributed by atoms with van der Waals surface area (Å²) >= 11 is 1.46. The highest BCUT2D eigenvalue weighted by molar-refractivity contribution is 7.17. The third-order valence-electron chi connectivity index (χ3n) is 4.03. The zero-order chi connectivity index (χ0) is 17.9. The Kier molecular flexibility index (Phi) is 4.34. The molecule has 0 saturated carbocycles. The molecule has 3 aromatic heterocycles. The molecule has 4 nitrogen and oxygen atoms in total. The average molecular weight is 357 g/mol. The lowest BCUT2D eigenvalue weighted by molar-refractivity contribution is 0.835. The molecule has 0 aliphatic heterocycles. The number of aryl methyl sites for hydroxylation is 1. The van der Waals surface area contributed by atoms with E-state index in [1.54, 1.807) is 17.0 Å². The lowest BCUT2D eigenvalue weighted by atomic mass is 10.2. The van der Waals surface area contributed by atoms with Gasteiger partial charge >= 0.3 is 0 Å². The van der Waals surface area contributed by atoms with E-state index < -0.39 is 0 Å². The van der Waals surface area contributed by atoms with Crippen molar-refractivity contribution in [1.29, 1.82) is 0 Å². The molecule has 4 aromatic rings. The van der Waals surface area contributed by atoms with Gasteiger partial charge in [0, 0.05) is 29.8 Å². The maximum Gasteiger partial charge on any atom is 0.268 e. The average Bonchev–Trinajstić information content (AvgIpc) is 3.11. The topological polar surface area (TPSA) is 47.8 Å². The fraction of sp³-hybridized carbons (Fsp3) is 0.0952. The first kappa shape index (κ1) is 16.2. The quantitative estimate of drug-likeness (QED) is 0.513. The van der Waals surface area contributed by atoms with Crippen LogP contribution >= 0.6 is 11.3 Å². The monoisotopic (exact) mass is 357 g/mol. The van der Waals surface area contributed by atoms with Crippen LogP contribution in [0.5, 0.6) is 0 Å². The second-order valence-electron chi connectivity index (χ2n) is 5.67. The van der Waals surface area contributed by atoms with Crippen LogP contribution in [0.15, 0.2) is 65.0 Å². The van der Waals surface area contributed by atoms with Gasteiger partial charge in [0.2, 0.25) is 0 Å². The highest BCUT2D eigenvalue weighted by Gasteiger charge is 2.15. The molecule has 1 aromatic carbocycles. The SMILES string of the molecule is CCc1nc2scc(C#Cc3ccncc3)c2c(=O)n1-c1ccccc1. The molecule has 0 bridgehead atoms. The van der Waals surface area contributed by atoms with Crippen LogP contribution in [0.2, 0.25) is 0 Å². The Morgan fingerprint density at radius 3 is 2.58 bits per heavy atom.